The molecule has 3 rings (SSSR count). The van der Waals surface area contributed by atoms with Gasteiger partial charge < -0.3 is 10.2 Å². The molecule has 184 valence electrons. The summed E-state index contributed by atoms with van der Waals surface area (Å²) in [5.41, 5.74) is 1.23. The number of rotatable bonds is 9. The molecule has 0 unspecified atom stereocenters. The summed E-state index contributed by atoms with van der Waals surface area (Å²) < 4.78 is 0. The molecule has 1 aliphatic rings. The molecule has 1 aliphatic heterocycles. The van der Waals surface area contributed by atoms with Crippen molar-refractivity contribution in [2.24, 2.45) is 10.2 Å². The summed E-state index contributed by atoms with van der Waals surface area (Å²) in [6.45, 7) is 9.12. The van der Waals surface area contributed by atoms with E-state index in [1.807, 2.05) is 39.0 Å². The van der Waals surface area contributed by atoms with Crippen molar-refractivity contribution in [3.63, 3.8) is 0 Å². The molecule has 0 spiro atoms. The molecule has 0 saturated heterocycles. The van der Waals surface area contributed by atoms with Crippen molar-refractivity contribution in [2.75, 3.05) is 29.9 Å². The second-order valence-corrected chi connectivity index (χ2v) is 8.16. The number of unbranched alkanes of at least 4 members (excludes halogenated alkanes) is 1. The van der Waals surface area contributed by atoms with E-state index < -0.39 is 11.8 Å². The first-order valence-corrected chi connectivity index (χ1v) is 11.8. The first-order chi connectivity index (χ1) is 17.3. The number of hydrogen-bond donors (Lipinski definition) is 1. The Hall–Kier alpha value is -4.57. The third-order valence-corrected chi connectivity index (χ3v) is 5.88. The van der Waals surface area contributed by atoms with Gasteiger partial charge in [0.2, 0.25) is 5.91 Å². The van der Waals surface area contributed by atoms with E-state index in [0.29, 0.717) is 17.8 Å². The second kappa shape index (κ2) is 11.2. The van der Waals surface area contributed by atoms with Gasteiger partial charge in [0.1, 0.15) is 23.5 Å². The Labute approximate surface area is 209 Å². The van der Waals surface area contributed by atoms with Crippen molar-refractivity contribution in [3.8, 4) is 12.1 Å². The highest BCUT2D eigenvalue weighted by Gasteiger charge is 2.39. The third kappa shape index (κ3) is 4.93. The van der Waals surface area contributed by atoms with Gasteiger partial charge in [-0.2, -0.15) is 10.5 Å². The standard InChI is InChI=1S/C26H27N7O3/c1-5-8-11-33-25(35)19-12-17(14-27)24(20(15-28)23(19)26(33)36)31-30-21-10-9-18(32(6-2)7-3)13-22(21)29-16(4)34/h9-10,12-13H,5-8,11H2,1-4H3,(H,29,34)/b31-30+. The van der Waals surface area contributed by atoms with Crippen molar-refractivity contribution in [1.82, 2.24) is 4.90 Å². The maximum absolute atomic E-state index is 13.0. The van der Waals surface area contributed by atoms with Crippen LogP contribution in [0, 0.1) is 22.7 Å². The van der Waals surface area contributed by atoms with E-state index in [-0.39, 0.29) is 40.4 Å². The number of nitrogens with one attached hydrogen (secondary N) is 1. The molecule has 1 heterocycles. The van der Waals surface area contributed by atoms with Gasteiger partial charge >= 0.3 is 0 Å². The van der Waals surface area contributed by atoms with Gasteiger partial charge in [0.05, 0.1) is 27.9 Å². The number of nitrogens with zero attached hydrogens (tertiary/aromatic N) is 6. The number of amides is 3. The number of nitriles is 2. The first kappa shape index (κ1) is 26.0. The highest BCUT2D eigenvalue weighted by atomic mass is 16.2. The average Bonchev–Trinajstić information content (AvgIpc) is 3.10. The van der Waals surface area contributed by atoms with Crippen LogP contribution in [0.1, 0.15) is 72.4 Å². The van der Waals surface area contributed by atoms with E-state index in [2.05, 4.69) is 20.4 Å². The van der Waals surface area contributed by atoms with E-state index in [9.17, 15) is 24.9 Å². The van der Waals surface area contributed by atoms with Gasteiger partial charge in [0.15, 0.2) is 0 Å². The van der Waals surface area contributed by atoms with E-state index in [1.165, 1.54) is 13.0 Å². The quantitative estimate of drug-likeness (QED) is 0.389. The fourth-order valence-corrected chi connectivity index (χ4v) is 4.04. The van der Waals surface area contributed by atoms with Crippen LogP contribution in [0.15, 0.2) is 34.5 Å². The predicted octanol–water partition coefficient (Wildman–Crippen LogP) is 5.05. The fraction of sp³-hybridized carbons (Fsp3) is 0.346. The normalized spacial score (nSPS) is 12.4. The molecular formula is C26H27N7O3. The molecule has 0 aromatic heterocycles. The maximum atomic E-state index is 13.0. The molecule has 10 nitrogen and oxygen atoms in total. The van der Waals surface area contributed by atoms with Gasteiger partial charge in [-0.15, -0.1) is 10.2 Å². The molecule has 0 fully saturated rings. The van der Waals surface area contributed by atoms with Crippen LogP contribution < -0.4 is 10.2 Å². The Bertz CT molecular complexity index is 1330. The molecule has 0 bridgehead atoms. The number of hydrogen-bond acceptors (Lipinski definition) is 8. The zero-order chi connectivity index (χ0) is 26.4. The summed E-state index contributed by atoms with van der Waals surface area (Å²) in [4.78, 5) is 40.8. The zero-order valence-corrected chi connectivity index (χ0v) is 20.8. The van der Waals surface area contributed by atoms with Gasteiger partial charge in [0, 0.05) is 32.2 Å². The third-order valence-electron chi connectivity index (χ3n) is 5.88. The number of anilines is 2. The minimum Gasteiger partial charge on any atom is -0.372 e. The summed E-state index contributed by atoms with van der Waals surface area (Å²) in [6.07, 6.45) is 1.41. The monoisotopic (exact) mass is 485 g/mol. The lowest BCUT2D eigenvalue weighted by Gasteiger charge is -2.22. The Morgan fingerprint density at radius 2 is 1.78 bits per heavy atom. The average molecular weight is 486 g/mol. The molecule has 0 radical (unpaired) electrons. The molecule has 0 saturated carbocycles. The summed E-state index contributed by atoms with van der Waals surface area (Å²) in [7, 11) is 0. The molecule has 1 N–H and O–H groups in total. The molecule has 3 amide bonds. The molecule has 0 aliphatic carbocycles. The molecular weight excluding hydrogens is 458 g/mol. The van der Waals surface area contributed by atoms with Gasteiger partial charge in [-0.25, -0.2) is 0 Å². The van der Waals surface area contributed by atoms with Crippen molar-refractivity contribution in [2.45, 2.75) is 40.5 Å². The fourth-order valence-electron chi connectivity index (χ4n) is 4.04. The van der Waals surface area contributed by atoms with Crippen LogP contribution in [0.5, 0.6) is 0 Å². The highest BCUT2D eigenvalue weighted by molar-refractivity contribution is 6.23. The van der Waals surface area contributed by atoms with E-state index >= 15 is 0 Å². The second-order valence-electron chi connectivity index (χ2n) is 8.16. The molecule has 36 heavy (non-hydrogen) atoms. The lowest BCUT2D eigenvalue weighted by Crippen LogP contribution is -2.30. The number of carbonyl (C=O) groups excluding carboxylic acids is 3. The number of fused-ring (bicyclic) bond motifs is 1. The molecule has 2 aromatic rings. The van der Waals surface area contributed by atoms with Gasteiger partial charge in [-0.05, 0) is 44.5 Å². The van der Waals surface area contributed by atoms with Crippen molar-refractivity contribution >= 4 is 40.5 Å². The van der Waals surface area contributed by atoms with Crippen LogP contribution in [0.4, 0.5) is 22.7 Å². The SMILES string of the molecule is CCCCN1C(=O)c2cc(C#N)c(/N=N/c3ccc(N(CC)CC)cc3NC(C)=O)c(C#N)c2C1=O. The van der Waals surface area contributed by atoms with Crippen LogP contribution in [-0.4, -0.2) is 42.3 Å². The Morgan fingerprint density at radius 3 is 2.36 bits per heavy atom. The van der Waals surface area contributed by atoms with E-state index in [0.717, 1.165) is 30.1 Å². The molecule has 0 atom stereocenters. The minimum atomic E-state index is -0.580. The lowest BCUT2D eigenvalue weighted by molar-refractivity contribution is -0.114. The summed E-state index contributed by atoms with van der Waals surface area (Å²) in [5, 5.41) is 30.7. The van der Waals surface area contributed by atoms with Gasteiger partial charge in [-0.3, -0.25) is 19.3 Å². The van der Waals surface area contributed by atoms with Crippen molar-refractivity contribution in [1.29, 1.82) is 10.5 Å². The summed E-state index contributed by atoms with van der Waals surface area (Å²) in [6, 6.07) is 10.5. The highest BCUT2D eigenvalue weighted by Crippen LogP contribution is 2.37. The van der Waals surface area contributed by atoms with Gasteiger partial charge in [0.25, 0.3) is 11.8 Å². The largest absolute Gasteiger partial charge is 0.372 e. The number of imide groups is 1. The Kier molecular flexibility index (Phi) is 8.13. The molecule has 2 aromatic carbocycles. The number of azo groups is 1. The van der Waals surface area contributed by atoms with Crippen molar-refractivity contribution < 1.29 is 14.4 Å². The summed E-state index contributed by atoms with van der Waals surface area (Å²) in [5.74, 6) is -1.41. The molecule has 10 heteroatoms. The smallest absolute Gasteiger partial charge is 0.262 e. The number of benzene rings is 2. The van der Waals surface area contributed by atoms with E-state index in [1.54, 1.807) is 12.1 Å². The van der Waals surface area contributed by atoms with Gasteiger partial charge in [-0.1, -0.05) is 13.3 Å². The van der Waals surface area contributed by atoms with Crippen molar-refractivity contribution in [3.05, 3.63) is 46.5 Å². The van der Waals surface area contributed by atoms with Crippen LogP contribution in [0.2, 0.25) is 0 Å². The van der Waals surface area contributed by atoms with Crippen LogP contribution in [0.3, 0.4) is 0 Å². The van der Waals surface area contributed by atoms with Crippen LogP contribution in [-0.2, 0) is 4.79 Å². The van der Waals surface area contributed by atoms with Crippen LogP contribution >= 0.6 is 0 Å². The number of carbonyl (C=O) groups is 3. The topological polar surface area (TPSA) is 142 Å². The predicted molar refractivity (Wildman–Crippen MR) is 135 cm³/mol. The van der Waals surface area contributed by atoms with E-state index in [4.69, 9.17) is 0 Å². The Balaban J connectivity index is 2.12. The Morgan fingerprint density at radius 1 is 1.06 bits per heavy atom. The lowest BCUT2D eigenvalue weighted by atomic mass is 9.97. The van der Waals surface area contributed by atoms with Crippen LogP contribution in [0.25, 0.3) is 0 Å². The first-order valence-electron chi connectivity index (χ1n) is 11.8. The summed E-state index contributed by atoms with van der Waals surface area (Å²) >= 11 is 0. The minimum absolute atomic E-state index is 0.0191. The zero-order valence-electron chi connectivity index (χ0n) is 20.8. The maximum Gasteiger partial charge on any atom is 0.262 e.